The number of hydrogen-bond donors (Lipinski definition) is 0. The molecule has 176 valence electrons. The van der Waals surface area contributed by atoms with Gasteiger partial charge in [-0.3, -0.25) is 9.36 Å². The number of pyridine rings is 1. The summed E-state index contributed by atoms with van der Waals surface area (Å²) < 4.78 is 9.38. The number of methoxy groups -OCH3 is 1. The molecule has 0 aliphatic carbocycles. The Kier molecular flexibility index (Phi) is 5.42. The van der Waals surface area contributed by atoms with Gasteiger partial charge in [0.15, 0.2) is 0 Å². The van der Waals surface area contributed by atoms with E-state index in [0.717, 1.165) is 50.1 Å². The Morgan fingerprint density at radius 1 is 0.750 bits per heavy atom. The highest BCUT2D eigenvalue weighted by molar-refractivity contribution is 6.09. The van der Waals surface area contributed by atoms with Crippen LogP contribution >= 0.6 is 0 Å². The fraction of sp³-hybridized carbons (Fsp3) is 0.0938. The lowest BCUT2D eigenvalue weighted by molar-refractivity contribution is 0.415. The molecule has 0 N–H and O–H groups in total. The molecule has 6 aromatic rings. The van der Waals surface area contributed by atoms with E-state index in [1.807, 2.05) is 84.3 Å². The Labute approximate surface area is 209 Å². The third-order valence-electron chi connectivity index (χ3n) is 6.77. The molecule has 0 saturated carbocycles. The summed E-state index contributed by atoms with van der Waals surface area (Å²) in [7, 11) is 1.66. The molecular formula is C32H26N2O2. The van der Waals surface area contributed by atoms with Crippen LogP contribution in [-0.4, -0.2) is 16.2 Å². The highest BCUT2D eigenvalue weighted by Crippen LogP contribution is 2.33. The predicted octanol–water partition coefficient (Wildman–Crippen LogP) is 6.98. The van der Waals surface area contributed by atoms with Crippen molar-refractivity contribution in [1.29, 1.82) is 0 Å². The van der Waals surface area contributed by atoms with E-state index in [9.17, 15) is 4.79 Å². The van der Waals surface area contributed by atoms with Crippen molar-refractivity contribution >= 4 is 21.8 Å². The van der Waals surface area contributed by atoms with Crippen LogP contribution in [0.1, 0.15) is 11.1 Å². The molecule has 0 spiro atoms. The average molecular weight is 471 g/mol. The standard InChI is InChI=1S/C32H26N2O2/c1-22-9-8-12-25(19-22)34-30(24-15-17-26(36-2)18-16-24)20-28-27-13-6-7-14-29(27)33(31(28)32(34)35)21-23-10-4-3-5-11-23/h3-20H,21H2,1-2H3. The second-order valence-electron chi connectivity index (χ2n) is 9.09. The number of aryl methyl sites for hydroxylation is 1. The molecule has 0 aliphatic rings. The highest BCUT2D eigenvalue weighted by Gasteiger charge is 2.20. The first-order chi connectivity index (χ1) is 17.6. The van der Waals surface area contributed by atoms with Crippen LogP contribution in [0.4, 0.5) is 0 Å². The number of rotatable bonds is 5. The molecule has 0 saturated heterocycles. The SMILES string of the molecule is COc1ccc(-c2cc3c4ccccc4n(Cc4ccccc4)c3c(=O)n2-c2cccc(C)c2)cc1. The number of aromatic nitrogens is 2. The fourth-order valence-corrected chi connectivity index (χ4v) is 5.05. The molecule has 0 radical (unpaired) electrons. The normalized spacial score (nSPS) is 11.3. The Bertz CT molecular complexity index is 1760. The van der Waals surface area contributed by atoms with Crippen LogP contribution < -0.4 is 10.3 Å². The van der Waals surface area contributed by atoms with Crippen LogP contribution in [0.3, 0.4) is 0 Å². The number of nitrogens with zero attached hydrogens (tertiary/aromatic N) is 2. The lowest BCUT2D eigenvalue weighted by Gasteiger charge is -2.16. The summed E-state index contributed by atoms with van der Waals surface area (Å²) >= 11 is 0. The van der Waals surface area contributed by atoms with E-state index < -0.39 is 0 Å². The summed E-state index contributed by atoms with van der Waals surface area (Å²) in [5.74, 6) is 0.781. The van der Waals surface area contributed by atoms with Gasteiger partial charge in [-0.2, -0.15) is 0 Å². The average Bonchev–Trinajstić information content (AvgIpc) is 3.23. The Morgan fingerprint density at radius 2 is 1.50 bits per heavy atom. The van der Waals surface area contributed by atoms with E-state index in [1.54, 1.807) is 7.11 Å². The van der Waals surface area contributed by atoms with Gasteiger partial charge < -0.3 is 9.30 Å². The van der Waals surface area contributed by atoms with Crippen LogP contribution in [0.15, 0.2) is 114 Å². The molecular weight excluding hydrogens is 444 g/mol. The van der Waals surface area contributed by atoms with Gasteiger partial charge in [-0.25, -0.2) is 0 Å². The number of benzene rings is 4. The number of ether oxygens (including phenoxy) is 1. The van der Waals surface area contributed by atoms with E-state index in [4.69, 9.17) is 4.74 Å². The lowest BCUT2D eigenvalue weighted by Crippen LogP contribution is -2.22. The minimum absolute atomic E-state index is 0.0314. The van der Waals surface area contributed by atoms with E-state index in [1.165, 1.54) is 0 Å². The second kappa shape index (κ2) is 8.90. The second-order valence-corrected chi connectivity index (χ2v) is 9.09. The van der Waals surface area contributed by atoms with Gasteiger partial charge >= 0.3 is 0 Å². The molecule has 0 atom stereocenters. The molecule has 0 unspecified atom stereocenters. The Hall–Kier alpha value is -4.57. The van der Waals surface area contributed by atoms with Crippen molar-refractivity contribution in [3.63, 3.8) is 0 Å². The van der Waals surface area contributed by atoms with E-state index in [0.29, 0.717) is 12.1 Å². The number of fused-ring (bicyclic) bond motifs is 3. The Balaban J connectivity index is 1.72. The molecule has 36 heavy (non-hydrogen) atoms. The maximum absolute atomic E-state index is 14.5. The van der Waals surface area contributed by atoms with E-state index >= 15 is 0 Å². The van der Waals surface area contributed by atoms with Gasteiger partial charge in [0.2, 0.25) is 0 Å². The first-order valence-electron chi connectivity index (χ1n) is 12.1. The quantitative estimate of drug-likeness (QED) is 0.273. The topological polar surface area (TPSA) is 36.2 Å². The smallest absolute Gasteiger partial charge is 0.280 e. The summed E-state index contributed by atoms with van der Waals surface area (Å²) in [6.45, 7) is 2.67. The van der Waals surface area contributed by atoms with Gasteiger partial charge in [-0.05, 0) is 72.1 Å². The molecule has 0 aliphatic heterocycles. The molecule has 4 heteroatoms. The van der Waals surface area contributed by atoms with Gasteiger partial charge in [0.05, 0.1) is 12.8 Å². The van der Waals surface area contributed by atoms with Gasteiger partial charge in [0, 0.05) is 28.5 Å². The molecule has 0 bridgehead atoms. The zero-order chi connectivity index (χ0) is 24.6. The van der Waals surface area contributed by atoms with Crippen molar-refractivity contribution in [3.05, 3.63) is 131 Å². The Morgan fingerprint density at radius 3 is 2.25 bits per heavy atom. The fourth-order valence-electron chi connectivity index (χ4n) is 5.05. The van der Waals surface area contributed by atoms with Crippen molar-refractivity contribution in [2.75, 3.05) is 7.11 Å². The van der Waals surface area contributed by atoms with Crippen LogP contribution in [0, 0.1) is 6.92 Å². The molecule has 0 amide bonds. The maximum atomic E-state index is 14.5. The summed E-state index contributed by atoms with van der Waals surface area (Å²) in [6.07, 6.45) is 0. The third kappa shape index (κ3) is 3.68. The van der Waals surface area contributed by atoms with Crippen molar-refractivity contribution in [2.24, 2.45) is 0 Å². The highest BCUT2D eigenvalue weighted by atomic mass is 16.5. The summed E-state index contributed by atoms with van der Waals surface area (Å²) in [4.78, 5) is 14.5. The van der Waals surface area contributed by atoms with Gasteiger partial charge in [0.25, 0.3) is 5.56 Å². The van der Waals surface area contributed by atoms with Crippen LogP contribution in [-0.2, 0) is 6.54 Å². The number of hydrogen-bond acceptors (Lipinski definition) is 2. The van der Waals surface area contributed by atoms with Crippen LogP contribution in [0.2, 0.25) is 0 Å². The van der Waals surface area contributed by atoms with Crippen LogP contribution in [0.5, 0.6) is 5.75 Å². The van der Waals surface area contributed by atoms with Crippen LogP contribution in [0.25, 0.3) is 38.8 Å². The molecule has 2 heterocycles. The molecule has 2 aromatic heterocycles. The minimum atomic E-state index is -0.0314. The summed E-state index contributed by atoms with van der Waals surface area (Å²) in [6, 6.07) is 36.7. The molecule has 6 rings (SSSR count). The maximum Gasteiger partial charge on any atom is 0.280 e. The summed E-state index contributed by atoms with van der Waals surface area (Å²) in [5, 5.41) is 2.04. The first kappa shape index (κ1) is 21.9. The van der Waals surface area contributed by atoms with E-state index in [2.05, 4.69) is 41.0 Å². The zero-order valence-corrected chi connectivity index (χ0v) is 20.3. The first-order valence-corrected chi connectivity index (χ1v) is 12.1. The zero-order valence-electron chi connectivity index (χ0n) is 20.3. The molecule has 0 fully saturated rings. The predicted molar refractivity (Wildman–Crippen MR) is 147 cm³/mol. The van der Waals surface area contributed by atoms with Crippen molar-refractivity contribution < 1.29 is 4.74 Å². The number of para-hydroxylation sites is 1. The third-order valence-corrected chi connectivity index (χ3v) is 6.77. The largest absolute Gasteiger partial charge is 0.497 e. The van der Waals surface area contributed by atoms with Crippen molar-refractivity contribution in [1.82, 2.24) is 9.13 Å². The van der Waals surface area contributed by atoms with Crippen molar-refractivity contribution in [2.45, 2.75) is 13.5 Å². The lowest BCUT2D eigenvalue weighted by atomic mass is 10.1. The minimum Gasteiger partial charge on any atom is -0.497 e. The van der Waals surface area contributed by atoms with Gasteiger partial charge in [-0.15, -0.1) is 0 Å². The molecule has 4 nitrogen and oxygen atoms in total. The van der Waals surface area contributed by atoms with Crippen molar-refractivity contribution in [3.8, 4) is 22.7 Å². The van der Waals surface area contributed by atoms with Gasteiger partial charge in [-0.1, -0.05) is 60.7 Å². The molecule has 4 aromatic carbocycles. The monoisotopic (exact) mass is 470 g/mol. The summed E-state index contributed by atoms with van der Waals surface area (Å²) in [5.41, 5.74) is 6.64. The van der Waals surface area contributed by atoms with Gasteiger partial charge in [0.1, 0.15) is 11.3 Å². The van der Waals surface area contributed by atoms with E-state index in [-0.39, 0.29) is 5.56 Å².